The first kappa shape index (κ1) is 20.0. The predicted molar refractivity (Wildman–Crippen MR) is 116 cm³/mol. The second kappa shape index (κ2) is 8.98. The zero-order valence-electron chi connectivity index (χ0n) is 16.1. The van der Waals surface area contributed by atoms with Gasteiger partial charge in [0.15, 0.2) is 5.96 Å². The predicted octanol–water partition coefficient (Wildman–Crippen LogP) is 3.97. The third-order valence-corrected chi connectivity index (χ3v) is 6.79. The average Bonchev–Trinajstić information content (AvgIpc) is 3.36. The highest BCUT2D eigenvalue weighted by Crippen LogP contribution is 2.33. The standard InChI is InChI=1S/C20H31BrN4S/c1-20(2,26-18-8-4-16(21)5-9-18)14-24-19(22-3)23-12-15-10-11-25(13-15)17-6-7-17/h4-5,8-9,15,17H,6-7,10-14H2,1-3H3,(H2,22,23,24). The Hall–Kier alpha value is -0.720. The van der Waals surface area contributed by atoms with Crippen LogP contribution in [0.1, 0.15) is 33.1 Å². The van der Waals surface area contributed by atoms with Gasteiger partial charge in [-0.1, -0.05) is 15.9 Å². The molecule has 3 rings (SSSR count). The maximum atomic E-state index is 4.40. The Morgan fingerprint density at radius 3 is 2.62 bits per heavy atom. The molecule has 4 nitrogen and oxygen atoms in total. The van der Waals surface area contributed by atoms with E-state index in [2.05, 4.69) is 74.6 Å². The van der Waals surface area contributed by atoms with Crippen molar-refractivity contribution >= 4 is 33.7 Å². The van der Waals surface area contributed by atoms with Gasteiger partial charge in [0.25, 0.3) is 0 Å². The fraction of sp³-hybridized carbons (Fsp3) is 0.650. The van der Waals surface area contributed by atoms with Crippen LogP contribution in [-0.2, 0) is 0 Å². The van der Waals surface area contributed by atoms with E-state index in [1.165, 1.54) is 37.2 Å². The number of nitrogens with one attached hydrogen (secondary N) is 2. The Bertz CT molecular complexity index is 613. The fourth-order valence-electron chi connectivity index (χ4n) is 3.42. The summed E-state index contributed by atoms with van der Waals surface area (Å²) in [6.07, 6.45) is 4.13. The van der Waals surface area contributed by atoms with E-state index in [1.807, 2.05) is 18.8 Å². The number of likely N-dealkylation sites (tertiary alicyclic amines) is 1. The molecule has 2 fully saturated rings. The minimum atomic E-state index is 0.0849. The monoisotopic (exact) mass is 438 g/mol. The molecule has 0 amide bonds. The van der Waals surface area contributed by atoms with Crippen molar-refractivity contribution in [3.05, 3.63) is 28.7 Å². The summed E-state index contributed by atoms with van der Waals surface area (Å²) >= 11 is 5.38. The van der Waals surface area contributed by atoms with Gasteiger partial charge in [-0.15, -0.1) is 11.8 Å². The first-order chi connectivity index (χ1) is 12.4. The molecule has 1 atom stereocenters. The van der Waals surface area contributed by atoms with Crippen LogP contribution in [0.4, 0.5) is 0 Å². The van der Waals surface area contributed by atoms with E-state index in [9.17, 15) is 0 Å². The second-order valence-corrected chi connectivity index (χ2v) is 10.7. The van der Waals surface area contributed by atoms with Crippen LogP contribution in [-0.4, -0.2) is 54.9 Å². The van der Waals surface area contributed by atoms with Crippen LogP contribution in [0.25, 0.3) is 0 Å². The van der Waals surface area contributed by atoms with Crippen LogP contribution in [0, 0.1) is 5.92 Å². The zero-order valence-corrected chi connectivity index (χ0v) is 18.5. The van der Waals surface area contributed by atoms with Crippen LogP contribution in [0.15, 0.2) is 38.6 Å². The van der Waals surface area contributed by atoms with Crippen LogP contribution in [0.5, 0.6) is 0 Å². The van der Waals surface area contributed by atoms with E-state index in [4.69, 9.17) is 0 Å². The number of halogens is 1. The van der Waals surface area contributed by atoms with Crippen molar-refractivity contribution in [1.29, 1.82) is 0 Å². The summed E-state index contributed by atoms with van der Waals surface area (Å²) in [6, 6.07) is 9.41. The highest BCUT2D eigenvalue weighted by molar-refractivity contribution is 9.10. The quantitative estimate of drug-likeness (QED) is 0.383. The van der Waals surface area contributed by atoms with Gasteiger partial charge in [0, 0.05) is 46.8 Å². The summed E-state index contributed by atoms with van der Waals surface area (Å²) < 4.78 is 1.20. The molecular formula is C20H31BrN4S. The van der Waals surface area contributed by atoms with E-state index in [0.29, 0.717) is 0 Å². The van der Waals surface area contributed by atoms with Crippen molar-refractivity contribution in [3.8, 4) is 0 Å². The fourth-order valence-corrected chi connectivity index (χ4v) is 4.74. The first-order valence-electron chi connectivity index (χ1n) is 9.58. The Kier molecular flexibility index (Phi) is 6.92. The molecular weight excluding hydrogens is 408 g/mol. The number of nitrogens with zero attached hydrogens (tertiary/aromatic N) is 2. The van der Waals surface area contributed by atoms with Gasteiger partial charge >= 0.3 is 0 Å². The lowest BCUT2D eigenvalue weighted by atomic mass is 10.1. The van der Waals surface area contributed by atoms with E-state index in [1.54, 1.807) is 0 Å². The largest absolute Gasteiger partial charge is 0.356 e. The van der Waals surface area contributed by atoms with Gasteiger partial charge in [-0.05, 0) is 69.8 Å². The molecule has 26 heavy (non-hydrogen) atoms. The Morgan fingerprint density at radius 2 is 1.96 bits per heavy atom. The van der Waals surface area contributed by atoms with Gasteiger partial charge in [0.05, 0.1) is 0 Å². The second-order valence-electron chi connectivity index (χ2n) is 8.00. The third-order valence-electron chi connectivity index (χ3n) is 5.05. The van der Waals surface area contributed by atoms with Crippen LogP contribution in [0.3, 0.4) is 0 Å². The summed E-state index contributed by atoms with van der Waals surface area (Å²) in [5.74, 6) is 1.67. The van der Waals surface area contributed by atoms with Crippen molar-refractivity contribution in [3.63, 3.8) is 0 Å². The third kappa shape index (κ3) is 6.17. The molecule has 1 aromatic rings. The van der Waals surface area contributed by atoms with Gasteiger partial charge in [0.2, 0.25) is 0 Å². The van der Waals surface area contributed by atoms with Crippen LogP contribution >= 0.6 is 27.7 Å². The Labute approximate surface area is 170 Å². The number of hydrogen-bond donors (Lipinski definition) is 2. The van der Waals surface area contributed by atoms with Crippen molar-refractivity contribution in [2.24, 2.45) is 10.9 Å². The number of hydrogen-bond acceptors (Lipinski definition) is 3. The average molecular weight is 439 g/mol. The van der Waals surface area contributed by atoms with E-state index < -0.39 is 0 Å². The lowest BCUT2D eigenvalue weighted by Crippen LogP contribution is -2.45. The maximum Gasteiger partial charge on any atom is 0.191 e. The molecule has 1 aliphatic heterocycles. The molecule has 1 saturated carbocycles. The molecule has 0 aromatic heterocycles. The highest BCUT2D eigenvalue weighted by Gasteiger charge is 2.34. The lowest BCUT2D eigenvalue weighted by molar-refractivity contribution is 0.314. The number of benzene rings is 1. The number of thioether (sulfide) groups is 1. The van der Waals surface area contributed by atoms with Crippen molar-refractivity contribution < 1.29 is 0 Å². The molecule has 1 saturated heterocycles. The summed E-state index contributed by atoms with van der Waals surface area (Å²) in [5, 5.41) is 7.04. The van der Waals surface area contributed by atoms with Gasteiger partial charge < -0.3 is 15.5 Å². The lowest BCUT2D eigenvalue weighted by Gasteiger charge is -2.26. The molecule has 0 bridgehead atoms. The maximum absolute atomic E-state index is 4.40. The molecule has 1 aromatic carbocycles. The molecule has 0 radical (unpaired) electrons. The minimum Gasteiger partial charge on any atom is -0.356 e. The van der Waals surface area contributed by atoms with Crippen molar-refractivity contribution in [2.75, 3.05) is 33.2 Å². The topological polar surface area (TPSA) is 39.7 Å². The summed E-state index contributed by atoms with van der Waals surface area (Å²) in [4.78, 5) is 8.36. The number of rotatable bonds is 7. The molecule has 1 heterocycles. The Balaban J connectivity index is 1.40. The molecule has 0 spiro atoms. The normalized spacial score (nSPS) is 21.8. The smallest absolute Gasteiger partial charge is 0.191 e. The molecule has 144 valence electrons. The summed E-state index contributed by atoms with van der Waals surface area (Å²) in [6.45, 7) is 8.95. The van der Waals surface area contributed by atoms with Gasteiger partial charge in [-0.25, -0.2) is 0 Å². The van der Waals surface area contributed by atoms with Gasteiger partial charge in [-0.3, -0.25) is 4.99 Å². The summed E-state index contributed by atoms with van der Waals surface area (Å²) in [7, 11) is 1.86. The van der Waals surface area contributed by atoms with E-state index in [-0.39, 0.29) is 4.75 Å². The number of aliphatic imine (C=N–C) groups is 1. The molecule has 1 aliphatic carbocycles. The molecule has 1 unspecified atom stereocenters. The molecule has 2 aliphatic rings. The van der Waals surface area contributed by atoms with Crippen LogP contribution in [0.2, 0.25) is 0 Å². The summed E-state index contributed by atoms with van der Waals surface area (Å²) in [5.41, 5.74) is 0. The minimum absolute atomic E-state index is 0.0849. The Morgan fingerprint density at radius 1 is 1.23 bits per heavy atom. The van der Waals surface area contributed by atoms with Gasteiger partial charge in [0.1, 0.15) is 0 Å². The van der Waals surface area contributed by atoms with Gasteiger partial charge in [-0.2, -0.15) is 0 Å². The molecule has 6 heteroatoms. The van der Waals surface area contributed by atoms with Crippen LogP contribution < -0.4 is 10.6 Å². The molecule has 2 N–H and O–H groups in total. The first-order valence-corrected chi connectivity index (χ1v) is 11.2. The number of guanidine groups is 1. The zero-order chi connectivity index (χ0) is 18.6. The SMILES string of the molecule is CN=C(NCC1CCN(C2CC2)C1)NCC(C)(C)Sc1ccc(Br)cc1. The van der Waals surface area contributed by atoms with E-state index in [0.717, 1.165) is 35.5 Å². The van der Waals surface area contributed by atoms with Crippen molar-refractivity contribution in [2.45, 2.75) is 48.8 Å². The highest BCUT2D eigenvalue weighted by atomic mass is 79.9. The van der Waals surface area contributed by atoms with Crippen molar-refractivity contribution in [1.82, 2.24) is 15.5 Å². The van der Waals surface area contributed by atoms with E-state index >= 15 is 0 Å².